The van der Waals surface area contributed by atoms with Crippen molar-refractivity contribution in [3.63, 3.8) is 0 Å². The van der Waals surface area contributed by atoms with E-state index in [-0.39, 0.29) is 16.7 Å². The molecule has 2 rings (SSSR count). The molecule has 0 saturated carbocycles. The van der Waals surface area contributed by atoms with Crippen LogP contribution in [-0.4, -0.2) is 19.9 Å². The lowest BCUT2D eigenvalue weighted by molar-refractivity contribution is -0.116. The van der Waals surface area contributed by atoms with Crippen LogP contribution >= 0.6 is 0 Å². The molecule has 0 saturated heterocycles. The van der Waals surface area contributed by atoms with E-state index in [0.29, 0.717) is 5.69 Å². The molecule has 0 spiro atoms. The number of sulfonamides is 1. The highest BCUT2D eigenvalue weighted by Gasteiger charge is 2.29. The maximum atomic E-state index is 12.2. The van der Waals surface area contributed by atoms with Crippen LogP contribution in [0.4, 0.5) is 5.69 Å². The number of hydrogen-bond acceptors (Lipinski definition) is 3. The van der Waals surface area contributed by atoms with Gasteiger partial charge in [0.25, 0.3) is 0 Å². The highest BCUT2D eigenvalue weighted by Crippen LogP contribution is 2.33. The lowest BCUT2D eigenvalue weighted by Crippen LogP contribution is -2.40. The molecule has 0 aromatic heterocycles. The van der Waals surface area contributed by atoms with Gasteiger partial charge in [-0.05, 0) is 51.5 Å². The smallest absolute Gasteiger partial charge is 0.241 e. The molecule has 1 amide bonds. The van der Waals surface area contributed by atoms with Crippen LogP contribution in [0.25, 0.3) is 0 Å². The fourth-order valence-corrected chi connectivity index (χ4v) is 3.48. The number of hydrogen-bond donors (Lipinski definition) is 2. The van der Waals surface area contributed by atoms with Gasteiger partial charge >= 0.3 is 0 Å². The Morgan fingerprint density at radius 2 is 1.89 bits per heavy atom. The van der Waals surface area contributed by atoms with Gasteiger partial charge in [0.15, 0.2) is 0 Å². The van der Waals surface area contributed by atoms with E-state index in [1.54, 1.807) is 39.8 Å². The fraction of sp³-hybridized carbons (Fsp3) is 0.462. The molecule has 2 N–H and O–H groups in total. The topological polar surface area (TPSA) is 75.3 Å². The number of amides is 1. The van der Waals surface area contributed by atoms with E-state index >= 15 is 0 Å². The molecule has 19 heavy (non-hydrogen) atoms. The Bertz CT molecular complexity index is 630. The summed E-state index contributed by atoms with van der Waals surface area (Å²) in [6.45, 7) is 7.11. The van der Waals surface area contributed by atoms with Gasteiger partial charge in [0, 0.05) is 11.2 Å². The second kappa shape index (κ2) is 4.31. The largest absolute Gasteiger partial charge is 0.325 e. The van der Waals surface area contributed by atoms with Gasteiger partial charge in [-0.2, -0.15) is 0 Å². The third-order valence-electron chi connectivity index (χ3n) is 2.89. The Hall–Kier alpha value is -1.40. The number of anilines is 1. The minimum Gasteiger partial charge on any atom is -0.325 e. The van der Waals surface area contributed by atoms with Gasteiger partial charge in [0.1, 0.15) is 0 Å². The van der Waals surface area contributed by atoms with Crippen LogP contribution in [0.1, 0.15) is 39.2 Å². The van der Waals surface area contributed by atoms with Crippen molar-refractivity contribution in [1.29, 1.82) is 0 Å². The van der Waals surface area contributed by atoms with Gasteiger partial charge in [-0.15, -0.1) is 0 Å². The quantitative estimate of drug-likeness (QED) is 0.868. The second-order valence-corrected chi connectivity index (χ2v) is 7.50. The molecular weight excluding hydrogens is 264 g/mol. The van der Waals surface area contributed by atoms with Gasteiger partial charge in [-0.25, -0.2) is 13.1 Å². The van der Waals surface area contributed by atoms with E-state index in [4.69, 9.17) is 0 Å². The first-order chi connectivity index (χ1) is 8.60. The van der Waals surface area contributed by atoms with Crippen LogP contribution in [0.3, 0.4) is 0 Å². The molecule has 1 aromatic rings. The number of benzene rings is 1. The number of carbonyl (C=O) groups is 1. The van der Waals surface area contributed by atoms with Crippen molar-refractivity contribution < 1.29 is 13.2 Å². The standard InChI is InChI=1S/C13H18N2O3S/c1-8-10-7-9(5-6-11(10)14-12(8)16)19(17,18)15-13(2,3)4/h5-8,15H,1-4H3,(H,14,16)/t8-/m0/s1. The van der Waals surface area contributed by atoms with Crippen molar-refractivity contribution in [1.82, 2.24) is 4.72 Å². The lowest BCUT2D eigenvalue weighted by atomic mass is 10.0. The number of nitrogens with one attached hydrogen (secondary N) is 2. The lowest BCUT2D eigenvalue weighted by Gasteiger charge is -2.20. The summed E-state index contributed by atoms with van der Waals surface area (Å²) in [6, 6.07) is 4.70. The number of carbonyl (C=O) groups excluding carboxylic acids is 1. The molecule has 6 heteroatoms. The Morgan fingerprint density at radius 1 is 1.26 bits per heavy atom. The Labute approximate surface area is 113 Å². The molecule has 104 valence electrons. The zero-order valence-corrected chi connectivity index (χ0v) is 12.3. The summed E-state index contributed by atoms with van der Waals surface area (Å²) in [7, 11) is -3.57. The molecule has 1 aromatic carbocycles. The summed E-state index contributed by atoms with van der Waals surface area (Å²) in [5, 5.41) is 2.72. The minimum atomic E-state index is -3.57. The SMILES string of the molecule is C[C@@H]1C(=O)Nc2ccc(S(=O)(=O)NC(C)(C)C)cc21. The van der Waals surface area contributed by atoms with E-state index in [0.717, 1.165) is 5.56 Å². The van der Waals surface area contributed by atoms with Gasteiger partial charge in [-0.3, -0.25) is 4.79 Å². The molecule has 5 nitrogen and oxygen atoms in total. The van der Waals surface area contributed by atoms with Crippen LogP contribution in [-0.2, 0) is 14.8 Å². The molecule has 0 radical (unpaired) electrons. The van der Waals surface area contributed by atoms with E-state index < -0.39 is 15.6 Å². The highest BCUT2D eigenvalue weighted by molar-refractivity contribution is 7.89. The zero-order chi connectivity index (χ0) is 14.4. The molecule has 0 bridgehead atoms. The van der Waals surface area contributed by atoms with Crippen molar-refractivity contribution >= 4 is 21.6 Å². The Balaban J connectivity index is 2.42. The average Bonchev–Trinajstić information content (AvgIpc) is 2.51. The maximum absolute atomic E-state index is 12.2. The minimum absolute atomic E-state index is 0.103. The summed E-state index contributed by atoms with van der Waals surface area (Å²) < 4.78 is 27.0. The second-order valence-electron chi connectivity index (χ2n) is 5.82. The van der Waals surface area contributed by atoms with Gasteiger partial charge in [0.2, 0.25) is 15.9 Å². The van der Waals surface area contributed by atoms with Crippen LogP contribution in [0.5, 0.6) is 0 Å². The van der Waals surface area contributed by atoms with Crippen molar-refractivity contribution in [2.75, 3.05) is 5.32 Å². The van der Waals surface area contributed by atoms with Gasteiger partial charge in [0.05, 0.1) is 10.8 Å². The van der Waals surface area contributed by atoms with E-state index in [1.165, 1.54) is 6.07 Å². The Morgan fingerprint density at radius 3 is 2.47 bits per heavy atom. The predicted octanol–water partition coefficient (Wildman–Crippen LogP) is 1.82. The molecule has 0 aliphatic carbocycles. The van der Waals surface area contributed by atoms with Crippen molar-refractivity contribution in [3.05, 3.63) is 23.8 Å². The van der Waals surface area contributed by atoms with E-state index in [9.17, 15) is 13.2 Å². The molecule has 0 unspecified atom stereocenters. The third-order valence-corrected chi connectivity index (χ3v) is 4.65. The molecule has 0 fully saturated rings. The zero-order valence-electron chi connectivity index (χ0n) is 11.4. The molecule has 1 aliphatic rings. The maximum Gasteiger partial charge on any atom is 0.241 e. The fourth-order valence-electron chi connectivity index (χ4n) is 2.02. The average molecular weight is 282 g/mol. The van der Waals surface area contributed by atoms with Crippen LogP contribution in [0.15, 0.2) is 23.1 Å². The third kappa shape index (κ3) is 2.79. The summed E-state index contributed by atoms with van der Waals surface area (Å²) in [4.78, 5) is 11.7. The molecular formula is C13H18N2O3S. The van der Waals surface area contributed by atoms with Crippen molar-refractivity contribution in [2.45, 2.75) is 44.0 Å². The van der Waals surface area contributed by atoms with Gasteiger partial charge in [-0.1, -0.05) is 0 Å². The summed E-state index contributed by atoms with van der Waals surface area (Å²) in [5.74, 6) is -0.423. The first-order valence-electron chi connectivity index (χ1n) is 6.09. The molecule has 1 atom stereocenters. The van der Waals surface area contributed by atoms with Crippen molar-refractivity contribution in [3.8, 4) is 0 Å². The predicted molar refractivity (Wildman–Crippen MR) is 73.6 cm³/mol. The van der Waals surface area contributed by atoms with Crippen LogP contribution in [0, 0.1) is 0 Å². The summed E-state index contributed by atoms with van der Waals surface area (Å²) in [5.41, 5.74) is 0.867. The molecule has 1 aliphatic heterocycles. The number of fused-ring (bicyclic) bond motifs is 1. The molecule has 1 heterocycles. The van der Waals surface area contributed by atoms with Crippen LogP contribution in [0.2, 0.25) is 0 Å². The first-order valence-corrected chi connectivity index (χ1v) is 7.57. The van der Waals surface area contributed by atoms with Gasteiger partial charge < -0.3 is 5.32 Å². The van der Waals surface area contributed by atoms with E-state index in [2.05, 4.69) is 10.0 Å². The van der Waals surface area contributed by atoms with E-state index in [1.807, 2.05) is 0 Å². The normalized spacial score (nSPS) is 19.2. The number of rotatable bonds is 2. The Kier molecular flexibility index (Phi) is 3.18. The highest BCUT2D eigenvalue weighted by atomic mass is 32.2. The first kappa shape index (κ1) is 14.0. The van der Waals surface area contributed by atoms with Crippen molar-refractivity contribution in [2.24, 2.45) is 0 Å². The monoisotopic (exact) mass is 282 g/mol. The summed E-state index contributed by atoms with van der Waals surface area (Å²) >= 11 is 0. The van der Waals surface area contributed by atoms with Crippen LogP contribution < -0.4 is 10.0 Å². The summed E-state index contributed by atoms with van der Waals surface area (Å²) in [6.07, 6.45) is 0.